The largest absolute Gasteiger partial charge is 0.490 e. The number of pyridine rings is 1. The molecule has 10 heteroatoms. The second-order valence-corrected chi connectivity index (χ2v) is 6.71. The zero-order valence-electron chi connectivity index (χ0n) is 16.0. The third-order valence-electron chi connectivity index (χ3n) is 4.47. The molecule has 1 aromatic heterocycles. The van der Waals surface area contributed by atoms with Crippen molar-refractivity contribution in [2.24, 2.45) is 11.7 Å². The topological polar surface area (TPSA) is 122 Å². The maximum Gasteiger partial charge on any atom is 0.490 e. The zero-order chi connectivity index (χ0) is 21.9. The molecule has 1 aliphatic carbocycles. The number of carbonyl (C=O) groups excluding carboxylic acids is 2. The number of aromatic nitrogens is 1. The zero-order valence-corrected chi connectivity index (χ0v) is 16.0. The molecule has 1 aromatic rings. The lowest BCUT2D eigenvalue weighted by Crippen LogP contribution is -2.43. The number of carbonyl (C=O) groups is 3. The van der Waals surface area contributed by atoms with E-state index in [1.54, 1.807) is 24.4 Å². The fraction of sp³-hybridized carbons (Fsp3) is 0.579. The first kappa shape index (κ1) is 24.5. The number of carboxylic acids is 1. The van der Waals surface area contributed by atoms with Gasteiger partial charge in [-0.2, -0.15) is 13.2 Å². The van der Waals surface area contributed by atoms with Gasteiger partial charge in [0.1, 0.15) is 5.69 Å². The molecule has 0 radical (unpaired) electrons. The van der Waals surface area contributed by atoms with E-state index in [-0.39, 0.29) is 17.6 Å². The molecule has 0 unspecified atom stereocenters. The molecular formula is C19H26F3N3O4. The van der Waals surface area contributed by atoms with Crippen molar-refractivity contribution >= 4 is 17.7 Å². The van der Waals surface area contributed by atoms with E-state index < -0.39 is 18.2 Å². The molecule has 29 heavy (non-hydrogen) atoms. The van der Waals surface area contributed by atoms with Gasteiger partial charge in [-0.3, -0.25) is 14.6 Å². The van der Waals surface area contributed by atoms with E-state index in [9.17, 15) is 22.8 Å². The lowest BCUT2D eigenvalue weighted by Gasteiger charge is -2.19. The molecule has 1 amide bonds. The summed E-state index contributed by atoms with van der Waals surface area (Å²) in [5.41, 5.74) is 5.93. The second kappa shape index (κ2) is 12.2. The summed E-state index contributed by atoms with van der Waals surface area (Å²) >= 11 is 0. The summed E-state index contributed by atoms with van der Waals surface area (Å²) in [6.45, 7) is 0.598. The van der Waals surface area contributed by atoms with Crippen LogP contribution < -0.4 is 11.1 Å². The molecule has 1 saturated carbocycles. The first-order valence-corrected chi connectivity index (χ1v) is 9.42. The van der Waals surface area contributed by atoms with Crippen molar-refractivity contribution in [2.75, 3.05) is 6.54 Å². The van der Waals surface area contributed by atoms with Crippen molar-refractivity contribution in [3.05, 3.63) is 30.1 Å². The van der Waals surface area contributed by atoms with Crippen LogP contribution in [-0.2, 0) is 9.59 Å². The van der Waals surface area contributed by atoms with Gasteiger partial charge >= 0.3 is 12.1 Å². The Hall–Kier alpha value is -2.49. The molecule has 4 N–H and O–H groups in total. The highest BCUT2D eigenvalue weighted by Crippen LogP contribution is 2.25. The smallest absolute Gasteiger partial charge is 0.475 e. The van der Waals surface area contributed by atoms with Crippen LogP contribution in [-0.4, -0.2) is 46.5 Å². The first-order valence-electron chi connectivity index (χ1n) is 9.42. The maximum absolute atomic E-state index is 12.6. The lowest BCUT2D eigenvalue weighted by atomic mass is 10.0. The van der Waals surface area contributed by atoms with Crippen LogP contribution >= 0.6 is 0 Å². The molecule has 0 saturated heterocycles. The number of nitrogens with zero attached hydrogens (tertiary/aromatic N) is 1. The quantitative estimate of drug-likeness (QED) is 0.442. The fourth-order valence-electron chi connectivity index (χ4n) is 2.93. The van der Waals surface area contributed by atoms with Crippen molar-refractivity contribution in [1.29, 1.82) is 0 Å². The molecule has 2 rings (SSSR count). The number of carboxylic acid groups (broad SMARTS) is 1. The average Bonchev–Trinajstić information content (AvgIpc) is 3.22. The van der Waals surface area contributed by atoms with E-state index in [4.69, 9.17) is 15.6 Å². The maximum atomic E-state index is 12.6. The van der Waals surface area contributed by atoms with E-state index in [2.05, 4.69) is 10.3 Å². The molecule has 1 aliphatic rings. The SMILES string of the molecule is NCCCC[C@H](NC(=O)C1CCCC1)C(=O)c1ccccn1.O=C(O)C(F)(F)F. The number of unbranched alkanes of at least 4 members (excludes halogenated alkanes) is 1. The number of hydrogen-bond acceptors (Lipinski definition) is 5. The number of nitrogens with two attached hydrogens (primary N) is 1. The lowest BCUT2D eigenvalue weighted by molar-refractivity contribution is -0.192. The number of nitrogens with one attached hydrogen (secondary N) is 1. The minimum Gasteiger partial charge on any atom is -0.475 e. The Bertz CT molecular complexity index is 662. The van der Waals surface area contributed by atoms with Crippen molar-refractivity contribution in [1.82, 2.24) is 10.3 Å². The van der Waals surface area contributed by atoms with E-state index in [1.807, 2.05) is 0 Å². The van der Waals surface area contributed by atoms with E-state index in [1.165, 1.54) is 0 Å². The third kappa shape index (κ3) is 9.03. The molecule has 7 nitrogen and oxygen atoms in total. The fourth-order valence-corrected chi connectivity index (χ4v) is 2.93. The summed E-state index contributed by atoms with van der Waals surface area (Å²) in [6.07, 6.45) is 2.87. The minimum absolute atomic E-state index is 0.0135. The van der Waals surface area contributed by atoms with Gasteiger partial charge in [-0.25, -0.2) is 4.79 Å². The molecule has 162 valence electrons. The Balaban J connectivity index is 0.000000516. The molecule has 0 spiro atoms. The van der Waals surface area contributed by atoms with Crippen molar-refractivity contribution in [2.45, 2.75) is 57.2 Å². The average molecular weight is 417 g/mol. The first-order chi connectivity index (χ1) is 13.7. The van der Waals surface area contributed by atoms with Crippen LogP contribution in [0.1, 0.15) is 55.4 Å². The van der Waals surface area contributed by atoms with Gasteiger partial charge < -0.3 is 16.2 Å². The van der Waals surface area contributed by atoms with Crippen LogP contribution in [0.5, 0.6) is 0 Å². The number of ketones is 1. The number of aliphatic carboxylic acids is 1. The van der Waals surface area contributed by atoms with Gasteiger partial charge in [0.15, 0.2) is 0 Å². The van der Waals surface area contributed by atoms with Crippen LogP contribution in [0.4, 0.5) is 13.2 Å². The highest BCUT2D eigenvalue weighted by Gasteiger charge is 2.38. The summed E-state index contributed by atoms with van der Waals surface area (Å²) in [4.78, 5) is 37.9. The van der Waals surface area contributed by atoms with E-state index in [0.717, 1.165) is 38.5 Å². The number of halogens is 3. The summed E-state index contributed by atoms with van der Waals surface area (Å²) < 4.78 is 31.7. The number of rotatable bonds is 8. The monoisotopic (exact) mass is 417 g/mol. The van der Waals surface area contributed by atoms with Crippen molar-refractivity contribution in [3.8, 4) is 0 Å². The van der Waals surface area contributed by atoms with Crippen LogP contribution in [0.25, 0.3) is 0 Å². The molecule has 0 aliphatic heterocycles. The Morgan fingerprint density at radius 3 is 2.31 bits per heavy atom. The molecule has 0 bridgehead atoms. The molecular weight excluding hydrogens is 391 g/mol. The minimum atomic E-state index is -5.08. The van der Waals surface area contributed by atoms with E-state index >= 15 is 0 Å². The number of alkyl halides is 3. The molecule has 1 heterocycles. The highest BCUT2D eigenvalue weighted by atomic mass is 19.4. The van der Waals surface area contributed by atoms with Crippen LogP contribution in [0.2, 0.25) is 0 Å². The van der Waals surface area contributed by atoms with Crippen molar-refractivity contribution < 1.29 is 32.7 Å². The summed E-state index contributed by atoms with van der Waals surface area (Å²) in [7, 11) is 0. The standard InChI is InChI=1S/C17H25N3O2.C2HF3O2/c18-11-5-3-10-15(16(21)14-9-4-6-12-19-14)20-17(22)13-7-1-2-8-13;3-2(4,5)1(6)7/h4,6,9,12-13,15H,1-3,5,7-8,10-11,18H2,(H,20,22);(H,6,7)/t15-;/m0./s1. The third-order valence-corrected chi connectivity index (χ3v) is 4.47. The molecule has 1 atom stereocenters. The van der Waals surface area contributed by atoms with Gasteiger partial charge in [0.25, 0.3) is 0 Å². The molecule has 0 aromatic carbocycles. The van der Waals surface area contributed by atoms with Crippen LogP contribution in [0, 0.1) is 5.92 Å². The van der Waals surface area contributed by atoms with Gasteiger partial charge in [0.05, 0.1) is 6.04 Å². The number of amides is 1. The van der Waals surface area contributed by atoms with Crippen LogP contribution in [0.3, 0.4) is 0 Å². The number of Topliss-reactive ketones (excluding diaryl/α,β-unsaturated/α-hetero) is 1. The summed E-state index contributed by atoms with van der Waals surface area (Å²) in [6, 6.07) is 4.77. The van der Waals surface area contributed by atoms with Gasteiger partial charge in [-0.05, 0) is 50.8 Å². The highest BCUT2D eigenvalue weighted by molar-refractivity contribution is 6.00. The van der Waals surface area contributed by atoms with Gasteiger partial charge in [0.2, 0.25) is 11.7 Å². The normalized spacial score (nSPS) is 15.2. The van der Waals surface area contributed by atoms with E-state index in [0.29, 0.717) is 18.7 Å². The van der Waals surface area contributed by atoms with Crippen molar-refractivity contribution in [3.63, 3.8) is 0 Å². The Morgan fingerprint density at radius 2 is 1.83 bits per heavy atom. The van der Waals surface area contributed by atoms with Gasteiger partial charge in [0, 0.05) is 12.1 Å². The number of hydrogen-bond donors (Lipinski definition) is 3. The molecule has 1 fully saturated rings. The van der Waals surface area contributed by atoms with Gasteiger partial charge in [-0.15, -0.1) is 0 Å². The Morgan fingerprint density at radius 1 is 1.21 bits per heavy atom. The second-order valence-electron chi connectivity index (χ2n) is 6.71. The van der Waals surface area contributed by atoms with Gasteiger partial charge in [-0.1, -0.05) is 18.9 Å². The summed E-state index contributed by atoms with van der Waals surface area (Å²) in [5.74, 6) is -2.79. The Kier molecular flexibility index (Phi) is 10.3. The van der Waals surface area contributed by atoms with Crippen LogP contribution in [0.15, 0.2) is 24.4 Å². The predicted octanol–water partition coefficient (Wildman–Crippen LogP) is 2.70. The summed E-state index contributed by atoms with van der Waals surface area (Å²) in [5, 5.41) is 10.1. The predicted molar refractivity (Wildman–Crippen MR) is 99.1 cm³/mol. The Labute approximate surface area is 166 Å².